The molecular formula is C20H19F3N4O. The quantitative estimate of drug-likeness (QED) is 0.575. The van der Waals surface area contributed by atoms with Crippen molar-refractivity contribution in [3.63, 3.8) is 0 Å². The molecule has 0 radical (unpaired) electrons. The van der Waals surface area contributed by atoms with Crippen LogP contribution in [0.15, 0.2) is 54.6 Å². The number of halogens is 3. The Morgan fingerprint density at radius 1 is 1.00 bits per heavy atom. The molecule has 5 nitrogen and oxygen atoms in total. The van der Waals surface area contributed by atoms with E-state index in [1.807, 2.05) is 30.3 Å². The number of anilines is 3. The molecule has 28 heavy (non-hydrogen) atoms. The van der Waals surface area contributed by atoms with E-state index in [1.54, 1.807) is 12.1 Å². The first-order chi connectivity index (χ1) is 13.4. The Morgan fingerprint density at radius 2 is 1.75 bits per heavy atom. The standard InChI is InChI=1S/C20H19F3N4O/c1-13-15(20(21,22)23)8-5-9-16(13)25-18-12-17(14-6-3-2-4-7-14)26-19(27-18)24-10-11-28/h2-9,12,28H,10-11H2,1H3,(H2,24,25,26,27). The van der Waals surface area contributed by atoms with Crippen LogP contribution in [0.5, 0.6) is 0 Å². The maximum Gasteiger partial charge on any atom is 0.416 e. The summed E-state index contributed by atoms with van der Waals surface area (Å²) in [5, 5.41) is 14.9. The molecule has 3 N–H and O–H groups in total. The third-order valence-electron chi connectivity index (χ3n) is 4.09. The van der Waals surface area contributed by atoms with Crippen molar-refractivity contribution in [2.75, 3.05) is 23.8 Å². The van der Waals surface area contributed by atoms with Gasteiger partial charge in [-0.1, -0.05) is 36.4 Å². The van der Waals surface area contributed by atoms with Crippen molar-refractivity contribution in [1.29, 1.82) is 0 Å². The monoisotopic (exact) mass is 388 g/mol. The first kappa shape index (κ1) is 19.6. The fourth-order valence-corrected chi connectivity index (χ4v) is 2.73. The lowest BCUT2D eigenvalue weighted by molar-refractivity contribution is -0.138. The highest BCUT2D eigenvalue weighted by Crippen LogP contribution is 2.35. The molecule has 2 aromatic carbocycles. The van der Waals surface area contributed by atoms with Crippen LogP contribution in [-0.2, 0) is 6.18 Å². The molecule has 1 aromatic heterocycles. The van der Waals surface area contributed by atoms with Crippen molar-refractivity contribution in [2.45, 2.75) is 13.1 Å². The molecule has 0 saturated carbocycles. The second kappa shape index (κ2) is 8.26. The van der Waals surface area contributed by atoms with Gasteiger partial charge in [-0.25, -0.2) is 4.98 Å². The number of alkyl halides is 3. The number of nitrogens with zero attached hydrogens (tertiary/aromatic N) is 2. The summed E-state index contributed by atoms with van der Waals surface area (Å²) in [6.45, 7) is 1.56. The fraction of sp³-hybridized carbons (Fsp3) is 0.200. The highest BCUT2D eigenvalue weighted by atomic mass is 19.4. The summed E-state index contributed by atoms with van der Waals surface area (Å²) in [6, 6.07) is 15.0. The Hall–Kier alpha value is -3.13. The second-order valence-electron chi connectivity index (χ2n) is 6.08. The van der Waals surface area contributed by atoms with Gasteiger partial charge in [0.15, 0.2) is 0 Å². The van der Waals surface area contributed by atoms with Crippen molar-refractivity contribution < 1.29 is 18.3 Å². The normalized spacial score (nSPS) is 11.3. The van der Waals surface area contributed by atoms with Gasteiger partial charge < -0.3 is 15.7 Å². The van der Waals surface area contributed by atoms with Gasteiger partial charge in [0.2, 0.25) is 5.95 Å². The third-order valence-corrected chi connectivity index (χ3v) is 4.09. The average molecular weight is 388 g/mol. The molecule has 0 aliphatic rings. The Balaban J connectivity index is 2.00. The minimum Gasteiger partial charge on any atom is -0.395 e. The van der Waals surface area contributed by atoms with E-state index in [0.717, 1.165) is 11.6 Å². The molecule has 0 aliphatic carbocycles. The van der Waals surface area contributed by atoms with Crippen LogP contribution in [0.4, 0.5) is 30.6 Å². The van der Waals surface area contributed by atoms with Gasteiger partial charge in [-0.05, 0) is 24.6 Å². The van der Waals surface area contributed by atoms with Crippen molar-refractivity contribution in [3.05, 3.63) is 65.7 Å². The van der Waals surface area contributed by atoms with Gasteiger partial charge in [0.25, 0.3) is 0 Å². The lowest BCUT2D eigenvalue weighted by Gasteiger charge is -2.16. The predicted octanol–water partition coefficient (Wildman–Crippen LogP) is 4.62. The van der Waals surface area contributed by atoms with Crippen molar-refractivity contribution in [3.8, 4) is 11.3 Å². The Morgan fingerprint density at radius 3 is 2.43 bits per heavy atom. The Kier molecular flexibility index (Phi) is 5.79. The Labute approximate surface area is 160 Å². The summed E-state index contributed by atoms with van der Waals surface area (Å²) >= 11 is 0. The summed E-state index contributed by atoms with van der Waals surface area (Å²) < 4.78 is 39.5. The zero-order valence-corrected chi connectivity index (χ0v) is 15.1. The smallest absolute Gasteiger partial charge is 0.395 e. The third kappa shape index (κ3) is 4.58. The molecule has 0 aliphatic heterocycles. The maximum absolute atomic E-state index is 13.2. The van der Waals surface area contributed by atoms with Gasteiger partial charge in [0.1, 0.15) is 5.82 Å². The van der Waals surface area contributed by atoms with Crippen LogP contribution in [0.2, 0.25) is 0 Å². The van der Waals surface area contributed by atoms with Crippen LogP contribution >= 0.6 is 0 Å². The van der Waals surface area contributed by atoms with E-state index in [0.29, 0.717) is 17.2 Å². The van der Waals surface area contributed by atoms with Crippen LogP contribution in [0.25, 0.3) is 11.3 Å². The number of rotatable bonds is 6. The number of aliphatic hydroxyl groups is 1. The molecule has 0 spiro atoms. The molecular weight excluding hydrogens is 369 g/mol. The zero-order chi connectivity index (χ0) is 20.1. The molecule has 0 bridgehead atoms. The fourth-order valence-electron chi connectivity index (χ4n) is 2.73. The number of nitrogens with one attached hydrogen (secondary N) is 2. The first-order valence-corrected chi connectivity index (χ1v) is 8.61. The molecule has 0 saturated heterocycles. The first-order valence-electron chi connectivity index (χ1n) is 8.61. The Bertz CT molecular complexity index is 946. The minimum atomic E-state index is -4.43. The van der Waals surface area contributed by atoms with Crippen LogP contribution in [0.1, 0.15) is 11.1 Å². The van der Waals surface area contributed by atoms with Gasteiger partial charge in [-0.3, -0.25) is 0 Å². The second-order valence-corrected chi connectivity index (χ2v) is 6.08. The van der Waals surface area contributed by atoms with Crippen LogP contribution in [-0.4, -0.2) is 28.2 Å². The van der Waals surface area contributed by atoms with E-state index in [-0.39, 0.29) is 24.7 Å². The van der Waals surface area contributed by atoms with Gasteiger partial charge in [-0.15, -0.1) is 0 Å². The van der Waals surface area contributed by atoms with Gasteiger partial charge >= 0.3 is 6.18 Å². The summed E-state index contributed by atoms with van der Waals surface area (Å²) in [7, 11) is 0. The van der Waals surface area contributed by atoms with Gasteiger partial charge in [0, 0.05) is 23.9 Å². The molecule has 1 heterocycles. The summed E-state index contributed by atoms with van der Waals surface area (Å²) in [4.78, 5) is 8.71. The maximum atomic E-state index is 13.2. The summed E-state index contributed by atoms with van der Waals surface area (Å²) in [5.74, 6) is 0.610. The van der Waals surface area contributed by atoms with Gasteiger partial charge in [-0.2, -0.15) is 18.2 Å². The van der Waals surface area contributed by atoms with Gasteiger partial charge in [0.05, 0.1) is 17.9 Å². The van der Waals surface area contributed by atoms with Crippen molar-refractivity contribution in [2.24, 2.45) is 0 Å². The van der Waals surface area contributed by atoms with E-state index in [4.69, 9.17) is 5.11 Å². The molecule has 3 aromatic rings. The molecule has 8 heteroatoms. The van der Waals surface area contributed by atoms with Crippen LogP contribution < -0.4 is 10.6 Å². The van der Waals surface area contributed by atoms with E-state index < -0.39 is 11.7 Å². The number of aromatic nitrogens is 2. The summed E-state index contributed by atoms with van der Waals surface area (Å²) in [6.07, 6.45) is -4.43. The highest BCUT2D eigenvalue weighted by Gasteiger charge is 2.32. The van der Waals surface area contributed by atoms with E-state index >= 15 is 0 Å². The minimum absolute atomic E-state index is 0.0831. The topological polar surface area (TPSA) is 70.1 Å². The number of hydrogen-bond acceptors (Lipinski definition) is 5. The van der Waals surface area contributed by atoms with Crippen molar-refractivity contribution >= 4 is 17.5 Å². The zero-order valence-electron chi connectivity index (χ0n) is 15.1. The molecule has 146 valence electrons. The number of aliphatic hydroxyl groups excluding tert-OH is 1. The lowest BCUT2D eigenvalue weighted by Crippen LogP contribution is -2.11. The van der Waals surface area contributed by atoms with Crippen LogP contribution in [0.3, 0.4) is 0 Å². The lowest BCUT2D eigenvalue weighted by atomic mass is 10.1. The highest BCUT2D eigenvalue weighted by molar-refractivity contribution is 5.69. The van der Waals surface area contributed by atoms with E-state index in [1.165, 1.54) is 13.0 Å². The van der Waals surface area contributed by atoms with E-state index in [2.05, 4.69) is 20.6 Å². The van der Waals surface area contributed by atoms with E-state index in [9.17, 15) is 13.2 Å². The number of benzene rings is 2. The summed E-state index contributed by atoms with van der Waals surface area (Å²) in [5.41, 5.74) is 1.12. The average Bonchev–Trinajstić information content (AvgIpc) is 2.67. The molecule has 0 fully saturated rings. The largest absolute Gasteiger partial charge is 0.416 e. The molecule has 0 amide bonds. The molecule has 0 unspecified atom stereocenters. The van der Waals surface area contributed by atoms with Crippen LogP contribution in [0, 0.1) is 6.92 Å². The SMILES string of the molecule is Cc1c(Nc2cc(-c3ccccc3)nc(NCCO)n2)cccc1C(F)(F)F. The predicted molar refractivity (Wildman–Crippen MR) is 103 cm³/mol. The van der Waals surface area contributed by atoms with Crippen molar-refractivity contribution in [1.82, 2.24) is 9.97 Å². The number of hydrogen-bond donors (Lipinski definition) is 3. The molecule has 0 atom stereocenters. The molecule has 3 rings (SSSR count).